The molecule has 2 heterocycles. The molecule has 0 fully saturated rings. The van der Waals surface area contributed by atoms with E-state index in [0.717, 1.165) is 22.2 Å². The number of unbranched alkanes of at least 4 members (excludes halogenated alkanes) is 2. The van der Waals surface area contributed by atoms with E-state index in [0.29, 0.717) is 95.5 Å². The Morgan fingerprint density at radius 1 is 0.877 bits per heavy atom. The Morgan fingerprint density at radius 2 is 1.58 bits per heavy atom. The molecule has 0 bridgehead atoms. The largest absolute Gasteiger partial charge is 0.481 e. The van der Waals surface area contributed by atoms with Crippen molar-refractivity contribution in [3.05, 3.63) is 83.1 Å². The normalized spacial score (nSPS) is 16.6. The number of allylic oxidation sites excluding steroid dienone is 3. The molecule has 1 aromatic rings. The standard InChI is InChI=1S/C40H54N2O13S2/c1-40(17-8-28-56(45,46)47)35-30-33(57(48,49)50)13-15-36(35)42(18-6-4-5-11-39(43)44)38(40)10-7-9-31-16-21-55-37-29-32(12-14-34(31)37)41(19-22-53-26-24-51-2)20-23-54-27-25-52-3/h7,9-10,12-16,21,29-30H,4-6,8,11,17-20,22-28H2,1-3H3,(H2-,43,44,45,46,47,48,49,50)/p+1. The van der Waals surface area contributed by atoms with Gasteiger partial charge < -0.3 is 33.4 Å². The Bertz CT molecular complexity index is 2100. The predicted octanol–water partition coefficient (Wildman–Crippen LogP) is 4.72. The molecular formula is C40H55N2O13S2+. The maximum Gasteiger partial charge on any atom is 0.303 e. The van der Waals surface area contributed by atoms with Crippen molar-refractivity contribution >= 4 is 38.0 Å². The van der Waals surface area contributed by atoms with E-state index in [4.69, 9.17) is 28.5 Å². The maximum absolute atomic E-state index is 12.2. The highest BCUT2D eigenvalue weighted by atomic mass is 32.2. The molecule has 0 amide bonds. The lowest BCUT2D eigenvalue weighted by Crippen LogP contribution is -2.36. The summed E-state index contributed by atoms with van der Waals surface area (Å²) in [6.45, 7) is 6.53. The van der Waals surface area contributed by atoms with Gasteiger partial charge in [-0.2, -0.15) is 16.8 Å². The molecule has 1 unspecified atom stereocenters. The summed E-state index contributed by atoms with van der Waals surface area (Å²) in [5.74, 6) is -0.718. The van der Waals surface area contributed by atoms with Gasteiger partial charge in [0.15, 0.2) is 13.1 Å². The number of fused-ring (bicyclic) bond motifs is 2. The monoisotopic (exact) mass is 835 g/mol. The number of carboxylic acid groups (broad SMARTS) is 1. The van der Waals surface area contributed by atoms with E-state index in [-0.39, 0.29) is 24.2 Å². The zero-order valence-corrected chi connectivity index (χ0v) is 34.4. The minimum Gasteiger partial charge on any atom is -0.481 e. The fourth-order valence-corrected chi connectivity index (χ4v) is 7.95. The van der Waals surface area contributed by atoms with E-state index in [2.05, 4.69) is 4.58 Å². The zero-order chi connectivity index (χ0) is 41.5. The Hall–Kier alpha value is -3.94. The van der Waals surface area contributed by atoms with Crippen molar-refractivity contribution in [2.24, 2.45) is 0 Å². The summed E-state index contributed by atoms with van der Waals surface area (Å²) >= 11 is 0. The summed E-state index contributed by atoms with van der Waals surface area (Å²) in [6, 6.07) is 12.1. The van der Waals surface area contributed by atoms with Crippen LogP contribution in [-0.2, 0) is 49.4 Å². The molecule has 3 N–H and O–H groups in total. The number of hydrogen-bond donors (Lipinski definition) is 3. The lowest BCUT2D eigenvalue weighted by molar-refractivity contribution is -0.137. The number of aliphatic carboxylic acids is 1. The van der Waals surface area contributed by atoms with Crippen LogP contribution in [0.5, 0.6) is 0 Å². The van der Waals surface area contributed by atoms with Gasteiger partial charge in [0.25, 0.3) is 20.2 Å². The molecule has 0 saturated heterocycles. The number of rotatable bonds is 25. The SMILES string of the molecule is COCCOCC[N+](CCOCCOC)=c1ccc2c(/C=C/C=C3/N(CCCCCC(=O)O)c4ccc(S(=O)(=O)O)cc4C3(C)CCCS(=O)(=O)O)ccoc-2c1. The first-order chi connectivity index (χ1) is 27.2. The molecule has 1 aliphatic carbocycles. The minimum atomic E-state index is -4.56. The van der Waals surface area contributed by atoms with Crippen LogP contribution in [0.3, 0.4) is 0 Å². The smallest absolute Gasteiger partial charge is 0.303 e. The number of methoxy groups -OCH3 is 2. The molecular weight excluding hydrogens is 781 g/mol. The third kappa shape index (κ3) is 13.6. The zero-order valence-electron chi connectivity index (χ0n) is 32.8. The summed E-state index contributed by atoms with van der Waals surface area (Å²) < 4.78 is 97.2. The Balaban J connectivity index is 1.72. The molecule has 0 spiro atoms. The first kappa shape index (κ1) is 45.8. The Morgan fingerprint density at radius 3 is 2.21 bits per heavy atom. The van der Waals surface area contributed by atoms with E-state index in [1.807, 2.05) is 54.3 Å². The predicted molar refractivity (Wildman–Crippen MR) is 216 cm³/mol. The number of anilines is 1. The van der Waals surface area contributed by atoms with Gasteiger partial charge in [-0.15, -0.1) is 0 Å². The molecule has 17 heteroatoms. The van der Waals surface area contributed by atoms with Gasteiger partial charge in [-0.05, 0) is 80.1 Å². The van der Waals surface area contributed by atoms with Crippen molar-refractivity contribution in [1.82, 2.24) is 4.58 Å². The molecule has 1 atom stereocenters. The molecule has 15 nitrogen and oxygen atoms in total. The number of nitrogens with zero attached hydrogens (tertiary/aromatic N) is 2. The molecule has 2 aliphatic heterocycles. The van der Waals surface area contributed by atoms with Gasteiger partial charge in [-0.3, -0.25) is 13.9 Å². The average Bonchev–Trinajstić information content (AvgIpc) is 3.38. The van der Waals surface area contributed by atoms with Gasteiger partial charge in [0.05, 0.1) is 49.4 Å². The second-order valence-corrected chi connectivity index (χ2v) is 16.9. The van der Waals surface area contributed by atoms with Gasteiger partial charge in [-0.1, -0.05) is 18.6 Å². The number of benzene rings is 2. The molecule has 0 aromatic heterocycles. The van der Waals surface area contributed by atoms with Crippen molar-refractivity contribution < 1.29 is 59.2 Å². The van der Waals surface area contributed by atoms with Crippen LogP contribution in [0.25, 0.3) is 17.4 Å². The van der Waals surface area contributed by atoms with Crippen LogP contribution in [0.15, 0.2) is 75.9 Å². The molecule has 3 aliphatic rings. The van der Waals surface area contributed by atoms with Crippen molar-refractivity contribution in [3.63, 3.8) is 0 Å². The summed E-state index contributed by atoms with van der Waals surface area (Å²) in [5.41, 5.74) is 2.78. The van der Waals surface area contributed by atoms with Crippen LogP contribution in [0.4, 0.5) is 5.69 Å². The highest BCUT2D eigenvalue weighted by Gasteiger charge is 2.43. The van der Waals surface area contributed by atoms with E-state index in [9.17, 15) is 30.7 Å². The van der Waals surface area contributed by atoms with E-state index < -0.39 is 37.4 Å². The fraction of sp³-hybridized carbons (Fsp3) is 0.500. The van der Waals surface area contributed by atoms with E-state index >= 15 is 0 Å². The van der Waals surface area contributed by atoms with Crippen LogP contribution < -0.4 is 14.8 Å². The van der Waals surface area contributed by atoms with Crippen molar-refractivity contribution in [1.29, 1.82) is 0 Å². The van der Waals surface area contributed by atoms with Crippen LogP contribution in [0.1, 0.15) is 56.6 Å². The third-order valence-corrected chi connectivity index (χ3v) is 11.5. The maximum atomic E-state index is 12.2. The molecule has 314 valence electrons. The summed E-state index contributed by atoms with van der Waals surface area (Å²) in [7, 11) is -5.58. The van der Waals surface area contributed by atoms with Gasteiger partial charge in [0, 0.05) is 55.6 Å². The Kier molecular flexibility index (Phi) is 17.4. The van der Waals surface area contributed by atoms with Crippen LogP contribution in [0.2, 0.25) is 0 Å². The third-order valence-electron chi connectivity index (χ3n) is 9.85. The summed E-state index contributed by atoms with van der Waals surface area (Å²) in [5, 5.41) is 10.0. The van der Waals surface area contributed by atoms with E-state index in [1.165, 1.54) is 12.1 Å². The van der Waals surface area contributed by atoms with Gasteiger partial charge in [0.2, 0.25) is 5.36 Å². The quantitative estimate of drug-likeness (QED) is 0.0601. The summed E-state index contributed by atoms with van der Waals surface area (Å²) in [4.78, 5) is 12.8. The second kappa shape index (κ2) is 21.7. The van der Waals surface area contributed by atoms with Crippen LogP contribution >= 0.6 is 0 Å². The Labute approximate surface area is 335 Å². The van der Waals surface area contributed by atoms with Crippen molar-refractivity contribution in [2.45, 2.75) is 55.8 Å². The van der Waals surface area contributed by atoms with Gasteiger partial charge >= 0.3 is 5.97 Å². The van der Waals surface area contributed by atoms with Crippen molar-refractivity contribution in [2.75, 3.05) is 84.1 Å². The average molecular weight is 836 g/mol. The highest BCUT2D eigenvalue weighted by molar-refractivity contribution is 7.86. The topological polar surface area (TPSA) is 202 Å². The molecule has 1 aromatic carbocycles. The second-order valence-electron chi connectivity index (χ2n) is 13.9. The molecule has 4 rings (SSSR count). The number of ether oxygens (including phenoxy) is 4. The van der Waals surface area contributed by atoms with Gasteiger partial charge in [-0.25, -0.2) is 4.58 Å². The van der Waals surface area contributed by atoms with Crippen LogP contribution in [-0.4, -0.2) is 116 Å². The first-order valence-electron chi connectivity index (χ1n) is 18.9. The van der Waals surface area contributed by atoms with Crippen LogP contribution in [0, 0.1) is 0 Å². The summed E-state index contributed by atoms with van der Waals surface area (Å²) in [6.07, 6.45) is 9.37. The fourth-order valence-electron chi connectivity index (χ4n) is 6.94. The molecule has 0 radical (unpaired) electrons. The van der Waals surface area contributed by atoms with E-state index in [1.54, 1.807) is 26.5 Å². The lowest BCUT2D eigenvalue weighted by Gasteiger charge is -2.30. The highest BCUT2D eigenvalue weighted by Crippen LogP contribution is 2.51. The number of carboxylic acids is 1. The minimum absolute atomic E-state index is 0.0382. The molecule has 57 heavy (non-hydrogen) atoms. The van der Waals surface area contributed by atoms with Crippen molar-refractivity contribution in [3.8, 4) is 11.3 Å². The van der Waals surface area contributed by atoms with Gasteiger partial charge in [0.1, 0.15) is 19.0 Å². The molecule has 0 saturated carbocycles. The number of carbonyl (C=O) groups is 1. The number of hydrogen-bond acceptors (Lipinski definition) is 11. The first-order valence-corrected chi connectivity index (χ1v) is 21.9. The lowest BCUT2D eigenvalue weighted by atomic mass is 9.77.